The summed E-state index contributed by atoms with van der Waals surface area (Å²) in [6.45, 7) is 0.122. The van der Waals surface area contributed by atoms with Crippen molar-refractivity contribution < 1.29 is 28.7 Å². The molecule has 4 atom stereocenters. The number of nitrogens with zero attached hydrogens (tertiary/aromatic N) is 3. The largest absolute Gasteiger partial charge is 0.486 e. The van der Waals surface area contributed by atoms with Gasteiger partial charge in [0.25, 0.3) is 0 Å². The first kappa shape index (κ1) is 46.7. The topological polar surface area (TPSA) is 168 Å². The van der Waals surface area contributed by atoms with E-state index in [-0.39, 0.29) is 75.7 Å². The minimum Gasteiger partial charge on any atom is -0.486 e. The minimum atomic E-state index is -1.13. The fourth-order valence-corrected chi connectivity index (χ4v) is 8.56. The maximum Gasteiger partial charge on any atom is 0.243 e. The van der Waals surface area contributed by atoms with Crippen LogP contribution in [0.1, 0.15) is 41.5 Å². The van der Waals surface area contributed by atoms with Crippen molar-refractivity contribution in [2.45, 2.75) is 57.0 Å². The fraction of sp³-hybridized carbons (Fsp3) is 0.250. The van der Waals surface area contributed by atoms with E-state index < -0.39 is 35.7 Å². The zero-order valence-electron chi connectivity index (χ0n) is 37.8. The molecule has 3 amide bonds. The van der Waals surface area contributed by atoms with Crippen LogP contribution in [0, 0.1) is 11.8 Å². The Hall–Kier alpha value is -7.86. The van der Waals surface area contributed by atoms with Crippen molar-refractivity contribution in [2.24, 2.45) is 27.3 Å². The van der Waals surface area contributed by atoms with E-state index in [0.717, 1.165) is 44.5 Å². The highest BCUT2D eigenvalue weighted by atomic mass is 16.5. The first-order valence-electron chi connectivity index (χ1n) is 23.1. The van der Waals surface area contributed by atoms with Crippen molar-refractivity contribution in [3.8, 4) is 28.0 Å². The smallest absolute Gasteiger partial charge is 0.243 e. The van der Waals surface area contributed by atoms with Gasteiger partial charge in [0.1, 0.15) is 24.9 Å². The van der Waals surface area contributed by atoms with Gasteiger partial charge in [0.15, 0.2) is 11.6 Å². The van der Waals surface area contributed by atoms with Gasteiger partial charge in [-0.05, 0) is 87.5 Å². The molecular weight excluding hydrogens is 853 g/mol. The van der Waals surface area contributed by atoms with E-state index in [9.17, 15) is 24.0 Å². The Morgan fingerprint density at radius 2 is 1.16 bits per heavy atom. The summed E-state index contributed by atoms with van der Waals surface area (Å²) < 4.78 is 5.95. The van der Waals surface area contributed by atoms with E-state index in [2.05, 4.69) is 31.4 Å². The minimum absolute atomic E-state index is 0.100. The predicted octanol–water partition coefficient (Wildman–Crippen LogP) is 8.13. The Bertz CT molecular complexity index is 2730. The van der Waals surface area contributed by atoms with Crippen molar-refractivity contribution >= 4 is 35.0 Å². The van der Waals surface area contributed by atoms with Crippen LogP contribution in [0.15, 0.2) is 179 Å². The zero-order chi connectivity index (χ0) is 47.1. The molecule has 3 aliphatic heterocycles. The number of aryl methyl sites for hydroxylation is 1. The molecule has 12 nitrogen and oxygen atoms in total. The van der Waals surface area contributed by atoms with E-state index in [0.29, 0.717) is 17.9 Å². The molecule has 3 N–H and O–H groups in total. The van der Waals surface area contributed by atoms with Crippen LogP contribution < -0.4 is 20.7 Å². The summed E-state index contributed by atoms with van der Waals surface area (Å²) in [7, 11) is 0. The second kappa shape index (κ2) is 23.0. The molecule has 0 unspecified atom stereocenters. The van der Waals surface area contributed by atoms with E-state index in [4.69, 9.17) is 4.74 Å². The van der Waals surface area contributed by atoms with Crippen molar-refractivity contribution in [1.29, 1.82) is 0 Å². The number of fused-ring (bicyclic) bond motifs is 16. The summed E-state index contributed by atoms with van der Waals surface area (Å²) >= 11 is 0. The lowest BCUT2D eigenvalue weighted by molar-refractivity contribution is -0.135. The zero-order valence-corrected chi connectivity index (χ0v) is 37.8. The first-order chi connectivity index (χ1) is 33.2. The van der Waals surface area contributed by atoms with Gasteiger partial charge in [0.05, 0.1) is 18.3 Å². The molecule has 0 radical (unpaired) electrons. The monoisotopic (exact) mass is 906 g/mol. The number of rotatable bonds is 12. The van der Waals surface area contributed by atoms with E-state index in [1.54, 1.807) is 24.3 Å². The Kier molecular flexibility index (Phi) is 15.8. The highest BCUT2D eigenvalue weighted by Crippen LogP contribution is 2.25. The normalized spacial score (nSPS) is 19.1. The van der Waals surface area contributed by atoms with Crippen LogP contribution in [0.3, 0.4) is 0 Å². The number of hydrogen-bond donors (Lipinski definition) is 3. The summed E-state index contributed by atoms with van der Waals surface area (Å²) in [5.74, 6) is -3.24. The average molecular weight is 907 g/mol. The summed E-state index contributed by atoms with van der Waals surface area (Å²) in [5.41, 5.74) is 8.05. The molecule has 0 aromatic heterocycles. The quantitative estimate of drug-likeness (QED) is 0.112. The van der Waals surface area contributed by atoms with Crippen LogP contribution in [0.5, 0.6) is 5.75 Å². The van der Waals surface area contributed by atoms with Crippen molar-refractivity contribution in [2.75, 3.05) is 19.7 Å². The molecule has 12 heteroatoms. The Balaban J connectivity index is 1.11. The van der Waals surface area contributed by atoms with Gasteiger partial charge >= 0.3 is 0 Å². The third kappa shape index (κ3) is 13.2. The number of amides is 3. The molecule has 3 aliphatic rings. The Morgan fingerprint density at radius 1 is 0.588 bits per heavy atom. The summed E-state index contributed by atoms with van der Waals surface area (Å²) in [6.07, 6.45) is 0.925. The van der Waals surface area contributed by atoms with Gasteiger partial charge in [-0.2, -0.15) is 5.11 Å². The van der Waals surface area contributed by atoms with Gasteiger partial charge in [-0.25, -0.2) is 0 Å². The van der Waals surface area contributed by atoms with Gasteiger partial charge in [0.2, 0.25) is 17.7 Å². The lowest BCUT2D eigenvalue weighted by Crippen LogP contribution is -2.54. The van der Waals surface area contributed by atoms with Gasteiger partial charge < -0.3 is 20.7 Å². The average Bonchev–Trinajstić information content (AvgIpc) is 3.91. The summed E-state index contributed by atoms with van der Waals surface area (Å²) in [6, 6.07) is 50.2. The third-order valence-corrected chi connectivity index (χ3v) is 12.4. The number of hydrogen-bond acceptors (Lipinski definition) is 9. The van der Waals surface area contributed by atoms with Gasteiger partial charge in [-0.15, -0.1) is 5.10 Å². The number of ketones is 2. The molecule has 9 rings (SSSR count). The van der Waals surface area contributed by atoms with Crippen molar-refractivity contribution in [3.05, 3.63) is 186 Å². The molecule has 6 aromatic rings. The van der Waals surface area contributed by atoms with E-state index in [1.807, 2.05) is 140 Å². The molecule has 0 spiro atoms. The predicted molar refractivity (Wildman–Crippen MR) is 262 cm³/mol. The number of carbonyl (C=O) groups excluding carboxylic acids is 5. The molecule has 0 saturated heterocycles. The van der Waals surface area contributed by atoms with Crippen LogP contribution in [0.25, 0.3) is 22.3 Å². The number of Topliss-reactive ketones (excluding diaryl/α,β-unsaturated/α-hetero) is 2. The molecule has 3 heterocycles. The van der Waals surface area contributed by atoms with Crippen LogP contribution >= 0.6 is 0 Å². The Labute approximate surface area is 396 Å². The maximum atomic E-state index is 14.8. The standard InChI is InChI=1S/C56H54N6O6/c63-49-33-46(30-39-16-23-44(24-17-39)42-12-6-2-7-13-42)55(66)60-52(32-41-18-25-45(26-19-41)43-14-8-3-9-15-43)56(67)59-51(29-22-38-10-4-1-5-11-38)53(64)34-47(54(65)57-35-48-36-58-62-61-48)31-40-20-27-50(28-21-40)68-37-49/h1-21,23-28,46-47,51-52H,22,29-37H2,(H,57,65)(H,59,67)(H,60,66)/t46-,47-,51+,52-/m1/s1. The molecule has 0 saturated carbocycles. The second-order valence-corrected chi connectivity index (χ2v) is 17.4. The maximum absolute atomic E-state index is 14.8. The van der Waals surface area contributed by atoms with Crippen LogP contribution in [-0.4, -0.2) is 66.8 Å². The van der Waals surface area contributed by atoms with E-state index in [1.165, 1.54) is 0 Å². The third-order valence-electron chi connectivity index (χ3n) is 12.4. The van der Waals surface area contributed by atoms with E-state index >= 15 is 0 Å². The van der Waals surface area contributed by atoms with Gasteiger partial charge in [-0.1, -0.05) is 152 Å². The number of ether oxygens (including phenoxy) is 1. The van der Waals surface area contributed by atoms with Gasteiger partial charge in [0, 0.05) is 31.1 Å². The molecule has 6 aromatic carbocycles. The molecule has 68 heavy (non-hydrogen) atoms. The highest BCUT2D eigenvalue weighted by Gasteiger charge is 2.33. The summed E-state index contributed by atoms with van der Waals surface area (Å²) in [4.78, 5) is 71.9. The lowest BCUT2D eigenvalue weighted by Gasteiger charge is -2.26. The van der Waals surface area contributed by atoms with Crippen molar-refractivity contribution in [3.63, 3.8) is 0 Å². The van der Waals surface area contributed by atoms with Crippen molar-refractivity contribution in [1.82, 2.24) is 16.0 Å². The molecule has 2 bridgehead atoms. The molecule has 0 fully saturated rings. The number of nitrogens with one attached hydrogen (secondary N) is 3. The molecule has 344 valence electrons. The Morgan fingerprint density at radius 3 is 1.76 bits per heavy atom. The second-order valence-electron chi connectivity index (χ2n) is 17.4. The van der Waals surface area contributed by atoms with Crippen LogP contribution in [-0.2, 0) is 49.7 Å². The molecule has 0 aliphatic carbocycles. The van der Waals surface area contributed by atoms with Crippen LogP contribution in [0.4, 0.5) is 0 Å². The van der Waals surface area contributed by atoms with Crippen LogP contribution in [0.2, 0.25) is 0 Å². The highest BCUT2D eigenvalue weighted by molar-refractivity contribution is 5.97. The number of carbonyl (C=O) groups is 5. The molecular formula is C56H54N6O6. The number of benzene rings is 6. The first-order valence-corrected chi connectivity index (χ1v) is 23.1. The fourth-order valence-electron chi connectivity index (χ4n) is 8.56. The lowest BCUT2D eigenvalue weighted by atomic mass is 9.89. The SMILES string of the molecule is O=C1COc2ccc(cc2)C[C@@H](C(=O)NCC2=NN=NC2)CC(=O)[C@H](CCc2ccccc2)NC(=O)[C@@H](Cc2ccc(-c3ccccc3)cc2)NC(=O)[C@H](Cc2ccc(-c3ccccc3)cc2)C1. The summed E-state index contributed by atoms with van der Waals surface area (Å²) in [5, 5.41) is 20.5. The van der Waals surface area contributed by atoms with Gasteiger partial charge in [-0.3, -0.25) is 24.0 Å².